The Morgan fingerprint density at radius 1 is 1.12 bits per heavy atom. The summed E-state index contributed by atoms with van der Waals surface area (Å²) in [7, 11) is 0. The van der Waals surface area contributed by atoms with Gasteiger partial charge in [-0.15, -0.1) is 0 Å². The van der Waals surface area contributed by atoms with E-state index in [1.54, 1.807) is 12.1 Å². The van der Waals surface area contributed by atoms with Gasteiger partial charge in [-0.2, -0.15) is 0 Å². The second kappa shape index (κ2) is 6.51. The van der Waals surface area contributed by atoms with Crippen molar-refractivity contribution < 1.29 is 14.4 Å². The summed E-state index contributed by atoms with van der Waals surface area (Å²) in [6.07, 6.45) is 4.36. The molecule has 0 unspecified atom stereocenters. The second-order valence-corrected chi connectivity index (χ2v) is 5.49. The van der Waals surface area contributed by atoms with Crippen LogP contribution in [0, 0.1) is 0 Å². The van der Waals surface area contributed by atoms with E-state index in [1.165, 1.54) is 12.2 Å². The van der Waals surface area contributed by atoms with Crippen LogP contribution in [-0.2, 0) is 14.4 Å². The monoisotopic (exact) mass is 324 g/mol. The molecule has 1 aliphatic heterocycles. The molecule has 7 nitrogen and oxygen atoms in total. The number of carbonyl (C=O) groups is 3. The summed E-state index contributed by atoms with van der Waals surface area (Å²) in [5.41, 5.74) is 14.3. The average Bonchev–Trinajstić information content (AvgIpc) is 3.08. The minimum Gasteiger partial charge on any atom is -0.399 e. The molecule has 0 aromatic heterocycles. The van der Waals surface area contributed by atoms with Crippen LogP contribution in [0.2, 0.25) is 0 Å². The van der Waals surface area contributed by atoms with Gasteiger partial charge in [0, 0.05) is 42.2 Å². The van der Waals surface area contributed by atoms with Gasteiger partial charge in [0.05, 0.1) is 0 Å². The summed E-state index contributed by atoms with van der Waals surface area (Å²) in [4.78, 5) is 35.6. The highest BCUT2D eigenvalue weighted by atomic mass is 16.2. The van der Waals surface area contributed by atoms with Crippen molar-refractivity contribution in [3.05, 3.63) is 59.5 Å². The van der Waals surface area contributed by atoms with E-state index in [2.05, 4.69) is 16.2 Å². The van der Waals surface area contributed by atoms with Crippen LogP contribution in [-0.4, -0.2) is 24.0 Å². The molecule has 0 radical (unpaired) electrons. The van der Waals surface area contributed by atoms with E-state index < -0.39 is 11.7 Å². The summed E-state index contributed by atoms with van der Waals surface area (Å²) in [6, 6.07) is 7.14. The lowest BCUT2D eigenvalue weighted by Gasteiger charge is -2.10. The first-order valence-electron chi connectivity index (χ1n) is 7.37. The Labute approximate surface area is 138 Å². The fourth-order valence-corrected chi connectivity index (χ4v) is 2.49. The number of allylic oxidation sites excluding steroid dienone is 2. The van der Waals surface area contributed by atoms with Gasteiger partial charge < -0.3 is 16.5 Å². The first-order valence-corrected chi connectivity index (χ1v) is 7.37. The van der Waals surface area contributed by atoms with E-state index in [4.69, 9.17) is 5.73 Å². The first-order chi connectivity index (χ1) is 11.5. The Kier molecular flexibility index (Phi) is 4.26. The van der Waals surface area contributed by atoms with Crippen molar-refractivity contribution in [2.75, 3.05) is 11.9 Å². The maximum absolute atomic E-state index is 12.1. The molecule has 1 heterocycles. The number of amides is 1. The van der Waals surface area contributed by atoms with E-state index in [0.29, 0.717) is 12.2 Å². The molecule has 0 spiro atoms. The summed E-state index contributed by atoms with van der Waals surface area (Å²) in [5.74, 6) is -1.84. The third-order valence-corrected chi connectivity index (χ3v) is 3.67. The maximum Gasteiger partial charge on any atom is 0.296 e. The Hall–Kier alpha value is -3.19. The summed E-state index contributed by atoms with van der Waals surface area (Å²) >= 11 is 0. The van der Waals surface area contributed by atoms with Gasteiger partial charge in [-0.25, -0.2) is 5.43 Å². The molecule has 3 rings (SSSR count). The van der Waals surface area contributed by atoms with Crippen molar-refractivity contribution >= 4 is 28.7 Å². The minimum absolute atomic E-state index is 0.0994. The Morgan fingerprint density at radius 3 is 2.50 bits per heavy atom. The van der Waals surface area contributed by atoms with Crippen molar-refractivity contribution in [1.82, 2.24) is 10.9 Å². The number of benzene rings is 1. The third-order valence-electron chi connectivity index (χ3n) is 3.67. The number of ketones is 2. The van der Waals surface area contributed by atoms with E-state index in [0.717, 1.165) is 11.1 Å². The second-order valence-electron chi connectivity index (χ2n) is 5.49. The number of rotatable bonds is 4. The molecule has 1 aliphatic carbocycles. The van der Waals surface area contributed by atoms with Crippen molar-refractivity contribution in [1.29, 1.82) is 0 Å². The van der Waals surface area contributed by atoms with Crippen molar-refractivity contribution in [3.8, 4) is 0 Å². The number of Topliss-reactive ketones (excluding diaryl/α,β-unsaturated/α-hetero) is 1. The molecule has 1 aromatic rings. The molecule has 1 amide bonds. The van der Waals surface area contributed by atoms with Gasteiger partial charge in [0.25, 0.3) is 5.91 Å². The molecule has 24 heavy (non-hydrogen) atoms. The number of nitrogens with one attached hydrogen (secondary N) is 3. The standard InChI is InChI=1S/C17H16N4O3/c18-13-5-11(6-15(22)7-13)16(23)17(24)21-14-3-1-10(2-4-14)12-8-19-20-9-12/h1-5,7-8,19-20H,6,9,18H2,(H,21,24). The molecule has 2 aliphatic rings. The number of hydrazine groups is 1. The summed E-state index contributed by atoms with van der Waals surface area (Å²) in [6.45, 7) is 0.710. The highest BCUT2D eigenvalue weighted by molar-refractivity contribution is 6.47. The van der Waals surface area contributed by atoms with Gasteiger partial charge in [-0.3, -0.25) is 14.4 Å². The van der Waals surface area contributed by atoms with Gasteiger partial charge in [0.2, 0.25) is 5.78 Å². The molecule has 0 fully saturated rings. The molecule has 0 saturated carbocycles. The Balaban J connectivity index is 1.67. The highest BCUT2D eigenvalue weighted by Crippen LogP contribution is 2.19. The highest BCUT2D eigenvalue weighted by Gasteiger charge is 2.23. The summed E-state index contributed by atoms with van der Waals surface area (Å²) < 4.78 is 0. The van der Waals surface area contributed by atoms with Crippen LogP contribution < -0.4 is 21.9 Å². The van der Waals surface area contributed by atoms with Gasteiger partial charge in [-0.05, 0) is 29.3 Å². The van der Waals surface area contributed by atoms with E-state index in [-0.39, 0.29) is 23.5 Å². The predicted octanol–water partition coefficient (Wildman–Crippen LogP) is 0.385. The number of anilines is 1. The molecule has 122 valence electrons. The van der Waals surface area contributed by atoms with E-state index in [9.17, 15) is 14.4 Å². The fraction of sp³-hybridized carbons (Fsp3) is 0.118. The zero-order chi connectivity index (χ0) is 17.1. The number of nitrogens with two attached hydrogens (primary N) is 1. The van der Waals surface area contributed by atoms with E-state index in [1.807, 2.05) is 18.3 Å². The molecule has 0 saturated heterocycles. The van der Waals surface area contributed by atoms with Crippen LogP contribution in [0.5, 0.6) is 0 Å². The van der Waals surface area contributed by atoms with Gasteiger partial charge in [0.15, 0.2) is 5.78 Å². The number of hydrogen-bond donors (Lipinski definition) is 4. The lowest BCUT2D eigenvalue weighted by atomic mass is 9.98. The lowest BCUT2D eigenvalue weighted by molar-refractivity contribution is -0.132. The lowest BCUT2D eigenvalue weighted by Crippen LogP contribution is -2.26. The fourth-order valence-electron chi connectivity index (χ4n) is 2.49. The maximum atomic E-state index is 12.1. The molecular weight excluding hydrogens is 308 g/mol. The zero-order valence-corrected chi connectivity index (χ0v) is 12.8. The van der Waals surface area contributed by atoms with Crippen LogP contribution in [0.15, 0.2) is 53.9 Å². The Morgan fingerprint density at radius 2 is 1.88 bits per heavy atom. The average molecular weight is 324 g/mol. The van der Waals surface area contributed by atoms with Crippen LogP contribution in [0.25, 0.3) is 5.57 Å². The number of hydrogen-bond acceptors (Lipinski definition) is 6. The normalized spacial score (nSPS) is 16.7. The van der Waals surface area contributed by atoms with Gasteiger partial charge in [0.1, 0.15) is 0 Å². The van der Waals surface area contributed by atoms with Crippen LogP contribution in [0.3, 0.4) is 0 Å². The molecule has 1 aromatic carbocycles. The topological polar surface area (TPSA) is 113 Å². The number of carbonyl (C=O) groups excluding carboxylic acids is 3. The SMILES string of the molecule is NC1=CC(=O)CC(C(=O)C(=O)Nc2ccc(C3=CNNC3)cc2)=C1. The van der Waals surface area contributed by atoms with Gasteiger partial charge in [-0.1, -0.05) is 12.1 Å². The van der Waals surface area contributed by atoms with Crippen LogP contribution in [0.4, 0.5) is 5.69 Å². The van der Waals surface area contributed by atoms with Crippen molar-refractivity contribution in [3.63, 3.8) is 0 Å². The summed E-state index contributed by atoms with van der Waals surface area (Å²) in [5, 5.41) is 2.53. The van der Waals surface area contributed by atoms with Crippen LogP contribution >= 0.6 is 0 Å². The van der Waals surface area contributed by atoms with E-state index >= 15 is 0 Å². The molecular formula is C17H16N4O3. The Bertz CT molecular complexity index is 804. The molecule has 7 heteroatoms. The smallest absolute Gasteiger partial charge is 0.296 e. The largest absolute Gasteiger partial charge is 0.399 e. The molecule has 0 bridgehead atoms. The van der Waals surface area contributed by atoms with Crippen LogP contribution in [0.1, 0.15) is 12.0 Å². The predicted molar refractivity (Wildman–Crippen MR) is 89.2 cm³/mol. The van der Waals surface area contributed by atoms with Crippen molar-refractivity contribution in [2.24, 2.45) is 5.73 Å². The molecule has 5 N–H and O–H groups in total. The minimum atomic E-state index is -0.792. The van der Waals surface area contributed by atoms with Gasteiger partial charge >= 0.3 is 0 Å². The third kappa shape index (κ3) is 3.41. The van der Waals surface area contributed by atoms with Crippen molar-refractivity contribution in [2.45, 2.75) is 6.42 Å². The first kappa shape index (κ1) is 15.7. The zero-order valence-electron chi connectivity index (χ0n) is 12.8. The quantitative estimate of drug-likeness (QED) is 0.596. The molecule has 0 atom stereocenters.